The van der Waals surface area contributed by atoms with Crippen LogP contribution >= 0.6 is 0 Å². The Bertz CT molecular complexity index is 886. The Morgan fingerprint density at radius 3 is 2.90 bits per heavy atom. The van der Waals surface area contributed by atoms with Gasteiger partial charge in [0.25, 0.3) is 5.56 Å². The van der Waals surface area contributed by atoms with Crippen molar-refractivity contribution >= 4 is 33.5 Å². The third-order valence-corrected chi connectivity index (χ3v) is 3.26. The maximum Gasteiger partial charge on any atom is 0.305 e. The molecule has 0 aliphatic carbocycles. The Morgan fingerprint density at radius 2 is 2.10 bits per heavy atom. The fourth-order valence-electron chi connectivity index (χ4n) is 2.29. The average molecular weight is 283 g/mol. The zero-order chi connectivity index (χ0) is 14.8. The molecule has 0 saturated carbocycles. The summed E-state index contributed by atoms with van der Waals surface area (Å²) in [6.07, 6.45) is 1.66. The van der Waals surface area contributed by atoms with E-state index in [1.165, 1.54) is 0 Å². The van der Waals surface area contributed by atoms with Gasteiger partial charge < -0.3 is 15.4 Å². The van der Waals surface area contributed by atoms with Crippen LogP contribution in [0.5, 0.6) is 0 Å². The van der Waals surface area contributed by atoms with Crippen molar-refractivity contribution in [2.75, 3.05) is 11.9 Å². The van der Waals surface area contributed by atoms with Gasteiger partial charge in [0.2, 0.25) is 0 Å². The number of hydrogen-bond acceptors (Lipinski definition) is 4. The van der Waals surface area contributed by atoms with Gasteiger partial charge in [-0.25, -0.2) is 4.98 Å². The van der Waals surface area contributed by atoms with Crippen LogP contribution in [-0.2, 0) is 4.79 Å². The van der Waals surface area contributed by atoms with Crippen LogP contribution in [-0.4, -0.2) is 27.6 Å². The van der Waals surface area contributed by atoms with Gasteiger partial charge in [0.05, 0.1) is 6.42 Å². The Kier molecular flexibility index (Phi) is 3.27. The fourth-order valence-corrected chi connectivity index (χ4v) is 2.29. The second kappa shape index (κ2) is 5.24. The monoisotopic (exact) mass is 283 g/mol. The molecule has 0 spiro atoms. The standard InChI is InChI=1S/C15H13N3O3/c19-13(20)5-7-16-9-3-4-11-12(8-9)10-2-1-6-17-14(10)18-15(11)21/h1-4,6,8,16H,5,7H2,(H,19,20)(H,17,18,21). The number of aromatic nitrogens is 2. The molecule has 0 unspecified atom stereocenters. The molecule has 6 heteroatoms. The summed E-state index contributed by atoms with van der Waals surface area (Å²) >= 11 is 0. The number of carboxylic acids is 1. The van der Waals surface area contributed by atoms with Gasteiger partial charge in [0.1, 0.15) is 5.65 Å². The molecule has 0 bridgehead atoms. The molecule has 1 aromatic carbocycles. The first kappa shape index (κ1) is 13.1. The minimum absolute atomic E-state index is 0.0374. The molecule has 0 aliphatic heterocycles. The Labute approximate surface area is 119 Å². The van der Waals surface area contributed by atoms with Gasteiger partial charge >= 0.3 is 5.97 Å². The number of pyridine rings is 2. The van der Waals surface area contributed by atoms with E-state index in [2.05, 4.69) is 15.3 Å². The van der Waals surface area contributed by atoms with Gasteiger partial charge in [-0.1, -0.05) is 0 Å². The smallest absolute Gasteiger partial charge is 0.305 e. The summed E-state index contributed by atoms with van der Waals surface area (Å²) in [6, 6.07) is 9.04. The molecule has 6 nitrogen and oxygen atoms in total. The third-order valence-electron chi connectivity index (χ3n) is 3.26. The van der Waals surface area contributed by atoms with Crippen molar-refractivity contribution in [3.63, 3.8) is 0 Å². The van der Waals surface area contributed by atoms with E-state index >= 15 is 0 Å². The maximum atomic E-state index is 12.0. The lowest BCUT2D eigenvalue weighted by molar-refractivity contribution is -0.136. The second-order valence-corrected chi connectivity index (χ2v) is 4.68. The quantitative estimate of drug-likeness (QED) is 0.636. The van der Waals surface area contributed by atoms with Crippen molar-refractivity contribution in [2.24, 2.45) is 0 Å². The van der Waals surface area contributed by atoms with Crippen LogP contribution in [0.1, 0.15) is 6.42 Å². The molecule has 0 saturated heterocycles. The average Bonchev–Trinajstić information content (AvgIpc) is 2.47. The zero-order valence-corrected chi connectivity index (χ0v) is 11.1. The number of aromatic amines is 1. The van der Waals surface area contributed by atoms with E-state index in [1.807, 2.05) is 18.2 Å². The van der Waals surface area contributed by atoms with Crippen LogP contribution in [0, 0.1) is 0 Å². The van der Waals surface area contributed by atoms with Crippen molar-refractivity contribution in [3.8, 4) is 0 Å². The number of aliphatic carboxylic acids is 1. The van der Waals surface area contributed by atoms with Gasteiger partial charge in [-0.05, 0) is 30.3 Å². The summed E-state index contributed by atoms with van der Waals surface area (Å²) < 4.78 is 0. The number of carbonyl (C=O) groups is 1. The van der Waals surface area contributed by atoms with Crippen molar-refractivity contribution in [2.45, 2.75) is 6.42 Å². The normalized spacial score (nSPS) is 10.9. The van der Waals surface area contributed by atoms with E-state index in [4.69, 9.17) is 5.11 Å². The Hall–Kier alpha value is -2.89. The number of hydrogen-bond donors (Lipinski definition) is 3. The van der Waals surface area contributed by atoms with E-state index in [1.54, 1.807) is 18.3 Å². The molecule has 0 atom stereocenters. The van der Waals surface area contributed by atoms with Gasteiger partial charge in [0, 0.05) is 34.6 Å². The van der Waals surface area contributed by atoms with Crippen LogP contribution in [0.2, 0.25) is 0 Å². The van der Waals surface area contributed by atoms with E-state index in [9.17, 15) is 9.59 Å². The summed E-state index contributed by atoms with van der Waals surface area (Å²) in [5.74, 6) is -0.852. The van der Waals surface area contributed by atoms with Gasteiger partial charge in [0.15, 0.2) is 0 Å². The number of benzene rings is 1. The predicted octanol–water partition coefficient (Wildman–Crippen LogP) is 1.96. The van der Waals surface area contributed by atoms with E-state index < -0.39 is 5.97 Å². The highest BCUT2D eigenvalue weighted by Crippen LogP contribution is 2.23. The van der Waals surface area contributed by atoms with Crippen LogP contribution in [0.4, 0.5) is 5.69 Å². The molecule has 106 valence electrons. The predicted molar refractivity (Wildman–Crippen MR) is 80.6 cm³/mol. The summed E-state index contributed by atoms with van der Waals surface area (Å²) in [5.41, 5.74) is 1.13. The number of nitrogens with zero attached hydrogens (tertiary/aromatic N) is 1. The van der Waals surface area contributed by atoms with Gasteiger partial charge in [-0.2, -0.15) is 0 Å². The number of nitrogens with one attached hydrogen (secondary N) is 2. The van der Waals surface area contributed by atoms with Crippen molar-refractivity contribution < 1.29 is 9.90 Å². The number of anilines is 1. The summed E-state index contributed by atoms with van der Waals surface area (Å²) in [7, 11) is 0. The molecule has 2 aromatic heterocycles. The van der Waals surface area contributed by atoms with E-state index in [0.29, 0.717) is 17.6 Å². The second-order valence-electron chi connectivity index (χ2n) is 4.68. The first-order valence-electron chi connectivity index (χ1n) is 6.51. The molecule has 3 aromatic rings. The number of H-pyrrole nitrogens is 1. The molecule has 0 fully saturated rings. The zero-order valence-electron chi connectivity index (χ0n) is 11.1. The highest BCUT2D eigenvalue weighted by Gasteiger charge is 2.06. The largest absolute Gasteiger partial charge is 0.481 e. The summed E-state index contributed by atoms with van der Waals surface area (Å²) in [5, 5.41) is 13.9. The lowest BCUT2D eigenvalue weighted by Gasteiger charge is -2.07. The lowest BCUT2D eigenvalue weighted by Crippen LogP contribution is -2.09. The number of rotatable bonds is 4. The minimum Gasteiger partial charge on any atom is -0.481 e. The Morgan fingerprint density at radius 1 is 1.24 bits per heavy atom. The molecule has 2 heterocycles. The number of carboxylic acid groups (broad SMARTS) is 1. The van der Waals surface area contributed by atoms with Gasteiger partial charge in [-0.15, -0.1) is 0 Å². The SMILES string of the molecule is O=C(O)CCNc1ccc2c(=O)[nH]c3ncccc3c2c1. The fraction of sp³-hybridized carbons (Fsp3) is 0.133. The van der Waals surface area contributed by atoms with Crippen molar-refractivity contribution in [1.82, 2.24) is 9.97 Å². The highest BCUT2D eigenvalue weighted by molar-refractivity contribution is 6.05. The lowest BCUT2D eigenvalue weighted by atomic mass is 10.1. The third kappa shape index (κ3) is 2.55. The Balaban J connectivity index is 2.09. The molecular formula is C15H13N3O3. The molecular weight excluding hydrogens is 270 g/mol. The van der Waals surface area contributed by atoms with Crippen LogP contribution in [0.3, 0.4) is 0 Å². The molecule has 3 rings (SSSR count). The number of fused-ring (bicyclic) bond motifs is 3. The first-order valence-corrected chi connectivity index (χ1v) is 6.51. The molecule has 0 radical (unpaired) electrons. The maximum absolute atomic E-state index is 12.0. The molecule has 21 heavy (non-hydrogen) atoms. The van der Waals surface area contributed by atoms with Gasteiger partial charge in [-0.3, -0.25) is 9.59 Å². The first-order chi connectivity index (χ1) is 10.1. The summed E-state index contributed by atoms with van der Waals surface area (Å²) in [6.45, 7) is 0.334. The molecule has 0 amide bonds. The molecule has 0 aliphatic rings. The van der Waals surface area contributed by atoms with Crippen LogP contribution < -0.4 is 10.9 Å². The van der Waals surface area contributed by atoms with E-state index in [-0.39, 0.29) is 12.0 Å². The van der Waals surface area contributed by atoms with Crippen LogP contribution in [0.15, 0.2) is 41.3 Å². The van der Waals surface area contributed by atoms with E-state index in [0.717, 1.165) is 16.5 Å². The van der Waals surface area contributed by atoms with Crippen molar-refractivity contribution in [1.29, 1.82) is 0 Å². The molecule has 3 N–H and O–H groups in total. The topological polar surface area (TPSA) is 95.1 Å². The van der Waals surface area contributed by atoms with Crippen molar-refractivity contribution in [3.05, 3.63) is 46.9 Å². The summed E-state index contributed by atoms with van der Waals surface area (Å²) in [4.78, 5) is 29.4. The minimum atomic E-state index is -0.852. The van der Waals surface area contributed by atoms with Crippen LogP contribution in [0.25, 0.3) is 21.8 Å². The highest BCUT2D eigenvalue weighted by atomic mass is 16.4.